The molecule has 2 aliphatic rings. The Hall–Kier alpha value is -1.11. The zero-order valence-corrected chi connectivity index (χ0v) is 13.2. The number of hydrogen-bond donors (Lipinski definition) is 1. The fraction of sp³-hybridized carbons (Fsp3) is 0.600. The lowest BCUT2D eigenvalue weighted by molar-refractivity contribution is 0.163. The largest absolute Gasteiger partial charge is 0.399 e. The molecule has 0 bridgehead atoms. The quantitative estimate of drug-likeness (QED) is 0.856. The van der Waals surface area contributed by atoms with Crippen LogP contribution < -0.4 is 5.73 Å². The minimum absolute atomic E-state index is 0.0996. The Morgan fingerprint density at radius 3 is 2.19 bits per heavy atom. The van der Waals surface area contributed by atoms with E-state index in [4.69, 9.17) is 5.73 Å². The van der Waals surface area contributed by atoms with Crippen molar-refractivity contribution in [3.05, 3.63) is 24.3 Å². The number of anilines is 1. The van der Waals surface area contributed by atoms with Crippen LogP contribution in [0.5, 0.6) is 0 Å². The van der Waals surface area contributed by atoms with Gasteiger partial charge in [0, 0.05) is 24.8 Å². The summed E-state index contributed by atoms with van der Waals surface area (Å²) in [4.78, 5) is 2.82. The van der Waals surface area contributed by atoms with E-state index in [1.54, 1.807) is 35.6 Å². The second-order valence-electron chi connectivity index (χ2n) is 6.09. The van der Waals surface area contributed by atoms with Crippen LogP contribution in [0.15, 0.2) is 29.2 Å². The van der Waals surface area contributed by atoms with E-state index in [2.05, 4.69) is 4.90 Å². The monoisotopic (exact) mass is 309 g/mol. The maximum absolute atomic E-state index is 12.6. The van der Waals surface area contributed by atoms with Gasteiger partial charge in [-0.1, -0.05) is 0 Å². The first-order valence-corrected chi connectivity index (χ1v) is 9.00. The number of nitrogens with two attached hydrogens (primary N) is 1. The third kappa shape index (κ3) is 3.07. The predicted octanol–water partition coefficient (Wildman–Crippen LogP) is 1.52. The van der Waals surface area contributed by atoms with Gasteiger partial charge in [-0.15, -0.1) is 0 Å². The van der Waals surface area contributed by atoms with Gasteiger partial charge in [0.1, 0.15) is 0 Å². The molecule has 1 saturated heterocycles. The molecular formula is C15H23N3O2S. The summed E-state index contributed by atoms with van der Waals surface area (Å²) in [6.45, 7) is 2.02. The minimum atomic E-state index is -3.42. The summed E-state index contributed by atoms with van der Waals surface area (Å²) in [5.41, 5.74) is 6.20. The average Bonchev–Trinajstić information content (AvgIpc) is 3.32. The molecule has 1 saturated carbocycles. The van der Waals surface area contributed by atoms with Crippen molar-refractivity contribution in [1.29, 1.82) is 0 Å². The van der Waals surface area contributed by atoms with Gasteiger partial charge in [-0.2, -0.15) is 4.31 Å². The zero-order valence-electron chi connectivity index (χ0n) is 12.4. The first-order chi connectivity index (χ1) is 9.98. The molecule has 1 aromatic carbocycles. The second kappa shape index (κ2) is 5.59. The highest BCUT2D eigenvalue weighted by molar-refractivity contribution is 7.89. The summed E-state index contributed by atoms with van der Waals surface area (Å²) < 4.78 is 26.8. The van der Waals surface area contributed by atoms with Crippen molar-refractivity contribution in [1.82, 2.24) is 9.21 Å². The minimum Gasteiger partial charge on any atom is -0.399 e. The Bertz CT molecular complexity index is 588. The first-order valence-electron chi connectivity index (χ1n) is 7.56. The highest BCUT2D eigenvalue weighted by Gasteiger charge is 2.35. The second-order valence-corrected chi connectivity index (χ2v) is 8.09. The zero-order chi connectivity index (χ0) is 15.0. The van der Waals surface area contributed by atoms with Crippen molar-refractivity contribution in [3.63, 3.8) is 0 Å². The molecule has 0 atom stereocenters. The molecule has 0 amide bonds. The molecule has 1 aliphatic heterocycles. The molecule has 0 unspecified atom stereocenters. The molecule has 0 aromatic heterocycles. The Balaban J connectivity index is 1.69. The highest BCUT2D eigenvalue weighted by atomic mass is 32.2. The number of sulfonamides is 1. The van der Waals surface area contributed by atoms with Crippen molar-refractivity contribution < 1.29 is 8.42 Å². The number of rotatable bonds is 4. The van der Waals surface area contributed by atoms with E-state index in [-0.39, 0.29) is 6.04 Å². The average molecular weight is 309 g/mol. The van der Waals surface area contributed by atoms with Crippen molar-refractivity contribution >= 4 is 15.7 Å². The van der Waals surface area contributed by atoms with Gasteiger partial charge in [0.05, 0.1) is 4.90 Å². The highest BCUT2D eigenvalue weighted by Crippen LogP contribution is 2.31. The van der Waals surface area contributed by atoms with Crippen LogP contribution in [-0.4, -0.2) is 49.8 Å². The number of benzene rings is 1. The van der Waals surface area contributed by atoms with Crippen molar-refractivity contribution in [2.75, 3.05) is 25.9 Å². The van der Waals surface area contributed by atoms with E-state index in [0.717, 1.165) is 32.0 Å². The van der Waals surface area contributed by atoms with Gasteiger partial charge in [-0.05, 0) is 63.0 Å². The number of piperidine rings is 1. The molecule has 1 heterocycles. The molecule has 2 fully saturated rings. The van der Waals surface area contributed by atoms with Crippen molar-refractivity contribution in [2.24, 2.45) is 0 Å². The van der Waals surface area contributed by atoms with Crippen LogP contribution in [0.4, 0.5) is 5.69 Å². The fourth-order valence-electron chi connectivity index (χ4n) is 3.06. The van der Waals surface area contributed by atoms with E-state index >= 15 is 0 Å². The van der Waals surface area contributed by atoms with E-state index in [1.165, 1.54) is 12.8 Å². The van der Waals surface area contributed by atoms with E-state index in [9.17, 15) is 8.42 Å². The van der Waals surface area contributed by atoms with E-state index in [1.807, 2.05) is 0 Å². The van der Waals surface area contributed by atoms with Gasteiger partial charge < -0.3 is 10.6 Å². The maximum Gasteiger partial charge on any atom is 0.243 e. The molecule has 21 heavy (non-hydrogen) atoms. The van der Waals surface area contributed by atoms with Crippen LogP contribution in [0, 0.1) is 0 Å². The lowest BCUT2D eigenvalue weighted by Crippen LogP contribution is -2.46. The van der Waals surface area contributed by atoms with Gasteiger partial charge in [0.2, 0.25) is 10.0 Å². The van der Waals surface area contributed by atoms with Gasteiger partial charge in [-0.3, -0.25) is 0 Å². The van der Waals surface area contributed by atoms with E-state index < -0.39 is 10.0 Å². The Morgan fingerprint density at radius 2 is 1.67 bits per heavy atom. The normalized spacial score (nSPS) is 21.8. The summed E-state index contributed by atoms with van der Waals surface area (Å²) in [6, 6.07) is 7.31. The number of nitrogens with zero attached hydrogens (tertiary/aromatic N) is 2. The molecule has 3 rings (SSSR count). The van der Waals surface area contributed by atoms with Gasteiger partial charge in [-0.25, -0.2) is 8.42 Å². The number of nitrogen functional groups attached to an aromatic ring is 1. The standard InChI is InChI=1S/C15H23N3O2S/c1-17(13-8-10-18(11-9-13)14-4-5-14)21(19,20)15-6-2-12(16)3-7-15/h2-3,6-7,13-14H,4-5,8-11,16H2,1H3. The molecule has 2 N–H and O–H groups in total. The number of hydrogen-bond acceptors (Lipinski definition) is 4. The lowest BCUT2D eigenvalue weighted by atomic mass is 10.1. The van der Waals surface area contributed by atoms with Crippen LogP contribution in [0.2, 0.25) is 0 Å². The van der Waals surface area contributed by atoms with Crippen molar-refractivity contribution in [3.8, 4) is 0 Å². The van der Waals surface area contributed by atoms with Crippen LogP contribution in [0.3, 0.4) is 0 Å². The van der Waals surface area contributed by atoms with Crippen LogP contribution in [-0.2, 0) is 10.0 Å². The SMILES string of the molecule is CN(C1CCN(C2CC2)CC1)S(=O)(=O)c1ccc(N)cc1. The van der Waals surface area contributed by atoms with E-state index in [0.29, 0.717) is 10.6 Å². The third-order valence-corrected chi connectivity index (χ3v) is 6.56. The maximum atomic E-state index is 12.6. The summed E-state index contributed by atoms with van der Waals surface area (Å²) in [6.07, 6.45) is 4.46. The van der Waals surface area contributed by atoms with Crippen LogP contribution >= 0.6 is 0 Å². The van der Waals surface area contributed by atoms with Crippen molar-refractivity contribution in [2.45, 2.75) is 42.7 Å². The molecule has 1 aliphatic carbocycles. The summed E-state index contributed by atoms with van der Waals surface area (Å²) in [7, 11) is -1.72. The molecule has 6 heteroatoms. The summed E-state index contributed by atoms with van der Waals surface area (Å²) in [5.74, 6) is 0. The third-order valence-electron chi connectivity index (χ3n) is 4.63. The predicted molar refractivity (Wildman–Crippen MR) is 83.4 cm³/mol. The molecule has 116 valence electrons. The number of likely N-dealkylation sites (tertiary alicyclic amines) is 1. The van der Waals surface area contributed by atoms with Gasteiger partial charge in [0.15, 0.2) is 0 Å². The molecule has 0 spiro atoms. The van der Waals surface area contributed by atoms with Gasteiger partial charge in [0.25, 0.3) is 0 Å². The van der Waals surface area contributed by atoms with Gasteiger partial charge >= 0.3 is 0 Å². The molecular weight excluding hydrogens is 286 g/mol. The smallest absolute Gasteiger partial charge is 0.243 e. The Morgan fingerprint density at radius 1 is 1.10 bits per heavy atom. The summed E-state index contributed by atoms with van der Waals surface area (Å²) in [5, 5.41) is 0. The Labute approximate surface area is 126 Å². The topological polar surface area (TPSA) is 66.6 Å². The molecule has 1 aromatic rings. The Kier molecular flexibility index (Phi) is 3.94. The van der Waals surface area contributed by atoms with Crippen LogP contribution in [0.1, 0.15) is 25.7 Å². The first kappa shape index (κ1) is 14.8. The summed E-state index contributed by atoms with van der Waals surface area (Å²) >= 11 is 0. The molecule has 0 radical (unpaired) electrons. The van der Waals surface area contributed by atoms with Crippen LogP contribution in [0.25, 0.3) is 0 Å². The fourth-order valence-corrected chi connectivity index (χ4v) is 4.47. The lowest BCUT2D eigenvalue weighted by Gasteiger charge is -2.36. The molecule has 5 nitrogen and oxygen atoms in total.